The van der Waals surface area contributed by atoms with Gasteiger partial charge in [-0.05, 0) is 38.7 Å². The number of aryl methyl sites for hydroxylation is 1. The Labute approximate surface area is 123 Å². The quantitative estimate of drug-likeness (QED) is 0.857. The molecule has 0 unspecified atom stereocenters. The standard InChI is InChI=1S/C14H20N4OS/c1-4-18(3)8-7-15-14(19)12-9-11(16-17-12)13-6-5-10(2)20-13/h5-6,9H,4,7-8H2,1-3H3,(H,15,19)(H,16,17). The van der Waals surface area contributed by atoms with E-state index in [-0.39, 0.29) is 5.91 Å². The molecule has 2 N–H and O–H groups in total. The summed E-state index contributed by atoms with van der Waals surface area (Å²) in [5.74, 6) is -0.134. The van der Waals surface area contributed by atoms with Crippen molar-refractivity contribution in [2.24, 2.45) is 0 Å². The number of thiophene rings is 1. The molecular weight excluding hydrogens is 272 g/mol. The van der Waals surface area contributed by atoms with Gasteiger partial charge in [-0.1, -0.05) is 6.92 Å². The van der Waals surface area contributed by atoms with Crippen LogP contribution in [0.1, 0.15) is 22.3 Å². The Morgan fingerprint density at radius 2 is 2.30 bits per heavy atom. The highest BCUT2D eigenvalue weighted by molar-refractivity contribution is 7.15. The maximum absolute atomic E-state index is 12.0. The van der Waals surface area contributed by atoms with Crippen LogP contribution in [0.25, 0.3) is 10.6 Å². The molecule has 0 aromatic carbocycles. The lowest BCUT2D eigenvalue weighted by atomic mass is 10.3. The van der Waals surface area contributed by atoms with Crippen LogP contribution in [0, 0.1) is 6.92 Å². The van der Waals surface area contributed by atoms with Crippen LogP contribution >= 0.6 is 11.3 Å². The average Bonchev–Trinajstić information content (AvgIpc) is 3.06. The zero-order chi connectivity index (χ0) is 14.5. The lowest BCUT2D eigenvalue weighted by molar-refractivity contribution is 0.0945. The van der Waals surface area contributed by atoms with Crippen molar-refractivity contribution in [2.75, 3.05) is 26.7 Å². The monoisotopic (exact) mass is 292 g/mol. The Balaban J connectivity index is 1.93. The van der Waals surface area contributed by atoms with Gasteiger partial charge in [-0.25, -0.2) is 0 Å². The number of carbonyl (C=O) groups is 1. The number of amides is 1. The van der Waals surface area contributed by atoms with Crippen LogP contribution in [0.15, 0.2) is 18.2 Å². The van der Waals surface area contributed by atoms with Gasteiger partial charge in [0.25, 0.3) is 5.91 Å². The fourth-order valence-electron chi connectivity index (χ4n) is 1.75. The summed E-state index contributed by atoms with van der Waals surface area (Å²) in [7, 11) is 2.03. The number of hydrogen-bond acceptors (Lipinski definition) is 4. The predicted molar refractivity (Wildman–Crippen MR) is 82.1 cm³/mol. The summed E-state index contributed by atoms with van der Waals surface area (Å²) in [6.45, 7) is 6.58. The number of nitrogens with one attached hydrogen (secondary N) is 2. The first-order chi connectivity index (χ1) is 9.60. The fraction of sp³-hybridized carbons (Fsp3) is 0.429. The second kappa shape index (κ2) is 6.67. The van der Waals surface area contributed by atoms with E-state index in [0.717, 1.165) is 23.7 Å². The smallest absolute Gasteiger partial charge is 0.271 e. The van der Waals surface area contributed by atoms with E-state index in [0.29, 0.717) is 12.2 Å². The highest BCUT2D eigenvalue weighted by atomic mass is 32.1. The van der Waals surface area contributed by atoms with Crippen molar-refractivity contribution in [2.45, 2.75) is 13.8 Å². The lowest BCUT2D eigenvalue weighted by Crippen LogP contribution is -2.33. The molecule has 0 spiro atoms. The van der Waals surface area contributed by atoms with Gasteiger partial charge >= 0.3 is 0 Å². The molecule has 5 nitrogen and oxygen atoms in total. The molecule has 0 saturated carbocycles. The highest BCUT2D eigenvalue weighted by Crippen LogP contribution is 2.26. The van der Waals surface area contributed by atoms with Crippen LogP contribution in [0.2, 0.25) is 0 Å². The van der Waals surface area contributed by atoms with Crippen molar-refractivity contribution < 1.29 is 4.79 Å². The minimum atomic E-state index is -0.134. The van der Waals surface area contributed by atoms with Crippen molar-refractivity contribution in [1.29, 1.82) is 0 Å². The molecule has 0 radical (unpaired) electrons. The molecular formula is C14H20N4OS. The second-order valence-electron chi connectivity index (χ2n) is 4.73. The van der Waals surface area contributed by atoms with E-state index in [2.05, 4.69) is 40.3 Å². The number of nitrogens with zero attached hydrogens (tertiary/aromatic N) is 2. The Morgan fingerprint density at radius 1 is 1.50 bits per heavy atom. The summed E-state index contributed by atoms with van der Waals surface area (Å²) < 4.78 is 0. The van der Waals surface area contributed by atoms with Crippen molar-refractivity contribution in [3.05, 3.63) is 28.8 Å². The lowest BCUT2D eigenvalue weighted by Gasteiger charge is -2.13. The van der Waals surface area contributed by atoms with Crippen LogP contribution in [-0.4, -0.2) is 47.7 Å². The molecule has 2 heterocycles. The second-order valence-corrected chi connectivity index (χ2v) is 6.02. The topological polar surface area (TPSA) is 61.0 Å². The Morgan fingerprint density at radius 3 is 2.95 bits per heavy atom. The number of rotatable bonds is 6. The van der Waals surface area contributed by atoms with Gasteiger partial charge in [-0.2, -0.15) is 5.10 Å². The number of hydrogen-bond donors (Lipinski definition) is 2. The third-order valence-electron chi connectivity index (χ3n) is 3.14. The Bertz CT molecular complexity index is 575. The van der Waals surface area contributed by atoms with Gasteiger partial charge in [0.05, 0.1) is 10.6 Å². The molecule has 0 fully saturated rings. The maximum Gasteiger partial charge on any atom is 0.271 e. The first-order valence-corrected chi connectivity index (χ1v) is 7.50. The van der Waals surface area contributed by atoms with E-state index < -0.39 is 0 Å². The minimum Gasteiger partial charge on any atom is -0.349 e. The Kier molecular flexibility index (Phi) is 4.92. The highest BCUT2D eigenvalue weighted by Gasteiger charge is 2.12. The first-order valence-electron chi connectivity index (χ1n) is 6.69. The largest absolute Gasteiger partial charge is 0.349 e. The molecule has 20 heavy (non-hydrogen) atoms. The molecule has 2 rings (SSSR count). The predicted octanol–water partition coefficient (Wildman–Crippen LogP) is 2.13. The molecule has 2 aromatic heterocycles. The van der Waals surface area contributed by atoms with Crippen LogP contribution in [0.5, 0.6) is 0 Å². The van der Waals surface area contributed by atoms with E-state index in [1.165, 1.54) is 4.88 Å². The third-order valence-corrected chi connectivity index (χ3v) is 4.17. The minimum absolute atomic E-state index is 0.134. The van der Waals surface area contributed by atoms with Gasteiger partial charge in [0.1, 0.15) is 0 Å². The molecule has 6 heteroatoms. The summed E-state index contributed by atoms with van der Waals surface area (Å²) in [5.41, 5.74) is 1.32. The summed E-state index contributed by atoms with van der Waals surface area (Å²) in [4.78, 5) is 16.4. The van der Waals surface area contributed by atoms with E-state index in [9.17, 15) is 4.79 Å². The van der Waals surface area contributed by atoms with Crippen molar-refractivity contribution in [3.63, 3.8) is 0 Å². The van der Waals surface area contributed by atoms with Gasteiger partial charge in [-0.3, -0.25) is 9.89 Å². The number of H-pyrrole nitrogens is 1. The molecule has 0 bridgehead atoms. The van der Waals surface area contributed by atoms with E-state index in [1.54, 1.807) is 17.4 Å². The summed E-state index contributed by atoms with van der Waals surface area (Å²) in [6.07, 6.45) is 0. The van der Waals surface area contributed by atoms with Crippen molar-refractivity contribution in [1.82, 2.24) is 20.4 Å². The number of carbonyl (C=O) groups excluding carboxylic acids is 1. The number of aromatic nitrogens is 2. The normalized spacial score (nSPS) is 11.0. The number of aromatic amines is 1. The Hall–Kier alpha value is -1.66. The molecule has 108 valence electrons. The van der Waals surface area contributed by atoms with Gasteiger partial charge in [0.15, 0.2) is 5.69 Å². The zero-order valence-corrected chi connectivity index (χ0v) is 12.9. The van der Waals surface area contributed by atoms with Crippen LogP contribution in [0.4, 0.5) is 0 Å². The van der Waals surface area contributed by atoms with Gasteiger partial charge in [0, 0.05) is 18.0 Å². The summed E-state index contributed by atoms with van der Waals surface area (Å²) in [6, 6.07) is 5.89. The first kappa shape index (κ1) is 14.7. The zero-order valence-electron chi connectivity index (χ0n) is 12.1. The molecule has 0 aliphatic carbocycles. The molecule has 2 aromatic rings. The third kappa shape index (κ3) is 3.68. The SMILES string of the molecule is CCN(C)CCNC(=O)c1cc(-c2ccc(C)s2)[nH]n1. The molecule has 1 amide bonds. The van der Waals surface area contributed by atoms with Crippen molar-refractivity contribution >= 4 is 17.2 Å². The van der Waals surface area contributed by atoms with Gasteiger partial charge in [-0.15, -0.1) is 11.3 Å². The summed E-state index contributed by atoms with van der Waals surface area (Å²) in [5, 5.41) is 9.87. The number of likely N-dealkylation sites (N-methyl/N-ethyl adjacent to an activating group) is 1. The summed E-state index contributed by atoms with van der Waals surface area (Å²) >= 11 is 1.68. The van der Waals surface area contributed by atoms with E-state index in [4.69, 9.17) is 0 Å². The maximum atomic E-state index is 12.0. The van der Waals surface area contributed by atoms with Gasteiger partial charge < -0.3 is 10.2 Å². The van der Waals surface area contributed by atoms with Gasteiger partial charge in [0.2, 0.25) is 0 Å². The van der Waals surface area contributed by atoms with Crippen LogP contribution < -0.4 is 5.32 Å². The molecule has 0 atom stereocenters. The van der Waals surface area contributed by atoms with Crippen LogP contribution in [-0.2, 0) is 0 Å². The molecule has 0 aliphatic heterocycles. The van der Waals surface area contributed by atoms with E-state index in [1.807, 2.05) is 13.1 Å². The van der Waals surface area contributed by atoms with E-state index >= 15 is 0 Å². The van der Waals surface area contributed by atoms with Crippen LogP contribution in [0.3, 0.4) is 0 Å². The molecule has 0 aliphatic rings. The van der Waals surface area contributed by atoms with Crippen molar-refractivity contribution in [3.8, 4) is 10.6 Å². The molecule has 0 saturated heterocycles. The fourth-order valence-corrected chi connectivity index (χ4v) is 2.59. The average molecular weight is 292 g/mol.